The zero-order chi connectivity index (χ0) is 32.8. The van der Waals surface area contributed by atoms with Gasteiger partial charge in [-0.2, -0.15) is 0 Å². The number of amides is 2. The number of benzene rings is 3. The topological polar surface area (TPSA) is 114 Å². The van der Waals surface area contributed by atoms with Gasteiger partial charge in [0.25, 0.3) is 10.0 Å². The number of nitrogens with zero attached hydrogens (tertiary/aromatic N) is 2. The second kappa shape index (κ2) is 14.4. The molecule has 0 aliphatic carbocycles. The number of ether oxygens (including phenoxy) is 3. The van der Waals surface area contributed by atoms with Gasteiger partial charge >= 0.3 is 0 Å². The first-order valence-electron chi connectivity index (χ1n) is 13.6. The third-order valence-electron chi connectivity index (χ3n) is 6.56. The number of hydrogen-bond donors (Lipinski definition) is 1. The fraction of sp³-hybridized carbons (Fsp3) is 0.355. The number of methoxy groups -OCH3 is 3. The van der Waals surface area contributed by atoms with Crippen molar-refractivity contribution in [2.24, 2.45) is 0 Å². The van der Waals surface area contributed by atoms with Crippen LogP contribution in [0.1, 0.15) is 33.3 Å². The van der Waals surface area contributed by atoms with E-state index < -0.39 is 40.0 Å². The predicted octanol–water partition coefficient (Wildman–Crippen LogP) is 5.55. The second-order valence-electron chi connectivity index (χ2n) is 10.9. The van der Waals surface area contributed by atoms with Crippen LogP contribution in [0.15, 0.2) is 65.6 Å². The summed E-state index contributed by atoms with van der Waals surface area (Å²) in [6.07, 6.45) is 0. The van der Waals surface area contributed by atoms with Gasteiger partial charge < -0.3 is 24.4 Å². The molecule has 0 bridgehead atoms. The molecule has 1 N–H and O–H groups in total. The third-order valence-corrected chi connectivity index (χ3v) is 8.81. The Morgan fingerprint density at radius 1 is 0.841 bits per heavy atom. The first-order valence-corrected chi connectivity index (χ1v) is 15.7. The zero-order valence-electron chi connectivity index (χ0n) is 25.7. The van der Waals surface area contributed by atoms with Crippen molar-refractivity contribution in [1.29, 1.82) is 0 Å². The summed E-state index contributed by atoms with van der Waals surface area (Å²) in [5.41, 5.74) is 0.145. The normalized spacial score (nSPS) is 12.2. The molecule has 10 nitrogen and oxygen atoms in total. The number of hydrogen-bond acceptors (Lipinski definition) is 7. The lowest BCUT2D eigenvalue weighted by Crippen LogP contribution is -2.54. The molecular weight excluding hydrogens is 629 g/mol. The van der Waals surface area contributed by atoms with Crippen molar-refractivity contribution in [3.63, 3.8) is 0 Å². The number of carbonyl (C=O) groups is 2. The number of nitrogens with one attached hydrogen (secondary N) is 1. The molecule has 0 radical (unpaired) electrons. The van der Waals surface area contributed by atoms with E-state index in [0.29, 0.717) is 16.3 Å². The van der Waals surface area contributed by atoms with Crippen LogP contribution in [0.3, 0.4) is 0 Å². The minimum absolute atomic E-state index is 0.00561. The van der Waals surface area contributed by atoms with Crippen molar-refractivity contribution >= 4 is 50.7 Å². The standard InChI is InChI=1S/C31H37Cl2N3O7S/c1-20(30(38)34-31(2,3)4)35(18-21-8-10-22(32)11-9-21)29(37)19-36(25-16-23(33)12-14-26(25)41-5)44(39,40)24-13-15-27(42-6)28(17-24)43-7/h8-17,20H,18-19H2,1-7H3,(H,34,38). The average molecular weight is 667 g/mol. The van der Waals surface area contributed by atoms with E-state index in [-0.39, 0.29) is 33.6 Å². The molecule has 3 aromatic rings. The maximum absolute atomic E-state index is 14.3. The van der Waals surface area contributed by atoms with Crippen molar-refractivity contribution in [2.45, 2.75) is 50.7 Å². The molecule has 0 aromatic heterocycles. The molecule has 1 unspecified atom stereocenters. The molecular formula is C31H37Cl2N3O7S. The molecule has 0 spiro atoms. The molecule has 238 valence electrons. The monoisotopic (exact) mass is 665 g/mol. The van der Waals surface area contributed by atoms with Gasteiger partial charge in [0.15, 0.2) is 11.5 Å². The van der Waals surface area contributed by atoms with Crippen LogP contribution in [0.5, 0.6) is 17.2 Å². The van der Waals surface area contributed by atoms with Crippen molar-refractivity contribution < 1.29 is 32.2 Å². The highest BCUT2D eigenvalue weighted by Crippen LogP contribution is 2.37. The fourth-order valence-electron chi connectivity index (χ4n) is 4.32. The molecule has 0 saturated carbocycles. The van der Waals surface area contributed by atoms with E-state index in [2.05, 4.69) is 5.32 Å². The lowest BCUT2D eigenvalue weighted by molar-refractivity contribution is -0.140. The molecule has 44 heavy (non-hydrogen) atoms. The number of rotatable bonds is 12. The van der Waals surface area contributed by atoms with Gasteiger partial charge in [0.05, 0.1) is 31.9 Å². The van der Waals surface area contributed by atoms with Gasteiger partial charge in [0.2, 0.25) is 11.8 Å². The van der Waals surface area contributed by atoms with Gasteiger partial charge in [-0.25, -0.2) is 8.42 Å². The van der Waals surface area contributed by atoms with E-state index in [1.807, 2.05) is 20.8 Å². The van der Waals surface area contributed by atoms with Crippen molar-refractivity contribution in [2.75, 3.05) is 32.2 Å². The first kappa shape index (κ1) is 34.8. The van der Waals surface area contributed by atoms with E-state index in [1.54, 1.807) is 37.3 Å². The van der Waals surface area contributed by atoms with Gasteiger partial charge in [-0.1, -0.05) is 35.3 Å². The van der Waals surface area contributed by atoms with E-state index >= 15 is 0 Å². The van der Waals surface area contributed by atoms with Gasteiger partial charge in [-0.05, 0) is 75.7 Å². The molecule has 0 aliphatic heterocycles. The van der Waals surface area contributed by atoms with E-state index in [0.717, 1.165) is 4.31 Å². The maximum Gasteiger partial charge on any atom is 0.265 e. The molecule has 0 fully saturated rings. The van der Waals surface area contributed by atoms with Crippen LogP contribution in [-0.2, 0) is 26.2 Å². The Morgan fingerprint density at radius 3 is 1.98 bits per heavy atom. The molecule has 2 amide bonds. The van der Waals surface area contributed by atoms with Gasteiger partial charge in [0, 0.05) is 28.2 Å². The maximum atomic E-state index is 14.3. The summed E-state index contributed by atoms with van der Waals surface area (Å²) in [7, 11) is -0.259. The van der Waals surface area contributed by atoms with E-state index in [4.69, 9.17) is 37.4 Å². The van der Waals surface area contributed by atoms with E-state index in [9.17, 15) is 18.0 Å². The summed E-state index contributed by atoms with van der Waals surface area (Å²) in [6, 6.07) is 14.4. The van der Waals surface area contributed by atoms with Crippen LogP contribution in [0.2, 0.25) is 10.0 Å². The van der Waals surface area contributed by atoms with Crippen molar-refractivity contribution in [1.82, 2.24) is 10.2 Å². The minimum atomic E-state index is -4.45. The highest BCUT2D eigenvalue weighted by atomic mass is 35.5. The minimum Gasteiger partial charge on any atom is -0.495 e. The highest BCUT2D eigenvalue weighted by molar-refractivity contribution is 7.92. The summed E-state index contributed by atoms with van der Waals surface area (Å²) in [4.78, 5) is 28.6. The SMILES string of the molecule is COc1ccc(S(=O)(=O)N(CC(=O)N(Cc2ccc(Cl)cc2)C(C)C(=O)NC(C)(C)C)c2cc(Cl)ccc2OC)cc1OC. The van der Waals surface area contributed by atoms with Gasteiger partial charge in [-0.3, -0.25) is 13.9 Å². The summed E-state index contributed by atoms with van der Waals surface area (Å²) >= 11 is 12.4. The summed E-state index contributed by atoms with van der Waals surface area (Å²) in [5, 5.41) is 3.61. The Morgan fingerprint density at radius 2 is 1.41 bits per heavy atom. The van der Waals surface area contributed by atoms with Gasteiger partial charge in [0.1, 0.15) is 18.3 Å². The van der Waals surface area contributed by atoms with Crippen LogP contribution < -0.4 is 23.8 Å². The summed E-state index contributed by atoms with van der Waals surface area (Å²) in [5.74, 6) is -0.400. The molecule has 0 saturated heterocycles. The molecule has 3 aromatic carbocycles. The molecule has 0 heterocycles. The second-order valence-corrected chi connectivity index (χ2v) is 13.6. The largest absolute Gasteiger partial charge is 0.495 e. The number of anilines is 1. The lowest BCUT2D eigenvalue weighted by atomic mass is 10.1. The summed E-state index contributed by atoms with van der Waals surface area (Å²) in [6.45, 7) is 6.38. The van der Waals surface area contributed by atoms with Crippen LogP contribution in [-0.4, -0.2) is 64.6 Å². The molecule has 3 rings (SSSR count). The van der Waals surface area contributed by atoms with Crippen molar-refractivity contribution in [3.05, 3.63) is 76.3 Å². The van der Waals surface area contributed by atoms with Crippen LogP contribution in [0.25, 0.3) is 0 Å². The molecule has 0 aliphatic rings. The average Bonchev–Trinajstić information content (AvgIpc) is 2.97. The van der Waals surface area contributed by atoms with Crippen LogP contribution in [0, 0.1) is 0 Å². The highest BCUT2D eigenvalue weighted by Gasteiger charge is 2.35. The smallest absolute Gasteiger partial charge is 0.265 e. The number of halogens is 2. The quantitative estimate of drug-likeness (QED) is 0.270. The Hall–Kier alpha value is -3.67. The van der Waals surface area contributed by atoms with Crippen LogP contribution in [0.4, 0.5) is 5.69 Å². The zero-order valence-corrected chi connectivity index (χ0v) is 28.0. The van der Waals surface area contributed by atoms with Crippen molar-refractivity contribution in [3.8, 4) is 17.2 Å². The Labute approximate surface area is 268 Å². The molecule has 13 heteroatoms. The third kappa shape index (κ3) is 8.49. The predicted molar refractivity (Wildman–Crippen MR) is 171 cm³/mol. The fourth-order valence-corrected chi connectivity index (χ4v) is 6.04. The summed E-state index contributed by atoms with van der Waals surface area (Å²) < 4.78 is 45.6. The number of sulfonamides is 1. The van der Waals surface area contributed by atoms with Crippen LogP contribution >= 0.6 is 23.2 Å². The number of carbonyl (C=O) groups excluding carboxylic acids is 2. The Kier molecular flexibility index (Phi) is 11.4. The van der Waals surface area contributed by atoms with E-state index in [1.165, 1.54) is 56.6 Å². The molecule has 1 atom stereocenters. The first-order chi connectivity index (χ1) is 20.6. The van der Waals surface area contributed by atoms with Gasteiger partial charge in [-0.15, -0.1) is 0 Å². The lowest BCUT2D eigenvalue weighted by Gasteiger charge is -2.33. The Bertz CT molecular complexity index is 1590. The Balaban J connectivity index is 2.15.